The van der Waals surface area contributed by atoms with Crippen LogP contribution in [0.2, 0.25) is 0 Å². The molecular weight excluding hydrogens is 222 g/mol. The Kier molecular flexibility index (Phi) is 2.67. The molecule has 0 aromatic heterocycles. The molecule has 2 N–H and O–H groups in total. The van der Waals surface area contributed by atoms with Gasteiger partial charge in [-0.3, -0.25) is 0 Å². The Morgan fingerprint density at radius 2 is 1.78 bits per heavy atom. The highest BCUT2D eigenvalue weighted by atomic mass is 16.5. The number of rotatable bonds is 0. The zero-order valence-corrected chi connectivity index (χ0v) is 11.4. The van der Waals surface area contributed by atoms with Crippen molar-refractivity contribution >= 4 is 0 Å². The Labute approximate surface area is 110 Å². The molecule has 1 aromatic carbocycles. The summed E-state index contributed by atoms with van der Waals surface area (Å²) in [6.45, 7) is 4.72. The molecule has 18 heavy (non-hydrogen) atoms. The Hall–Kier alpha value is -1.02. The maximum Gasteiger partial charge on any atom is 0.124 e. The van der Waals surface area contributed by atoms with Gasteiger partial charge in [-0.1, -0.05) is 32.0 Å². The largest absolute Gasteiger partial charge is 0.487 e. The number of hydrogen-bond acceptors (Lipinski definition) is 2. The van der Waals surface area contributed by atoms with Crippen molar-refractivity contribution in [1.82, 2.24) is 0 Å². The fourth-order valence-corrected chi connectivity index (χ4v) is 3.35. The predicted octanol–water partition coefficient (Wildman–Crippen LogP) is 3.81. The monoisotopic (exact) mass is 245 g/mol. The Morgan fingerprint density at radius 3 is 2.50 bits per heavy atom. The van der Waals surface area contributed by atoms with Gasteiger partial charge in [0, 0.05) is 18.0 Å². The summed E-state index contributed by atoms with van der Waals surface area (Å²) in [5.41, 5.74) is 7.98. The second-order valence-electron chi connectivity index (χ2n) is 6.80. The van der Waals surface area contributed by atoms with Gasteiger partial charge in [-0.25, -0.2) is 0 Å². The first kappa shape index (κ1) is 12.0. The van der Waals surface area contributed by atoms with Crippen molar-refractivity contribution in [1.29, 1.82) is 0 Å². The molecule has 2 nitrogen and oxygen atoms in total. The average molecular weight is 245 g/mol. The van der Waals surface area contributed by atoms with Crippen LogP contribution in [0.15, 0.2) is 24.3 Å². The third-order valence-electron chi connectivity index (χ3n) is 4.75. The lowest BCUT2D eigenvalue weighted by Gasteiger charge is -2.47. The van der Waals surface area contributed by atoms with Gasteiger partial charge in [0.05, 0.1) is 0 Å². The van der Waals surface area contributed by atoms with E-state index in [1.165, 1.54) is 18.4 Å². The van der Waals surface area contributed by atoms with Crippen LogP contribution in [0, 0.1) is 5.41 Å². The van der Waals surface area contributed by atoms with Gasteiger partial charge in [-0.05, 0) is 37.2 Å². The maximum atomic E-state index is 6.34. The minimum Gasteiger partial charge on any atom is -0.487 e. The first-order valence-corrected chi connectivity index (χ1v) is 7.03. The summed E-state index contributed by atoms with van der Waals surface area (Å²) in [6, 6.07) is 8.38. The molecule has 1 spiro atoms. The summed E-state index contributed by atoms with van der Waals surface area (Å²) in [6.07, 6.45) is 5.73. The van der Waals surface area contributed by atoms with Crippen molar-refractivity contribution in [2.75, 3.05) is 0 Å². The lowest BCUT2D eigenvalue weighted by Crippen LogP contribution is -2.46. The molecule has 0 unspecified atom stereocenters. The summed E-state index contributed by atoms with van der Waals surface area (Å²) in [5.74, 6) is 1.01. The average Bonchev–Trinajstić information content (AvgIpc) is 2.34. The fraction of sp³-hybridized carbons (Fsp3) is 0.625. The van der Waals surface area contributed by atoms with Crippen LogP contribution < -0.4 is 10.5 Å². The molecule has 1 saturated carbocycles. The summed E-state index contributed by atoms with van der Waals surface area (Å²) in [7, 11) is 0. The van der Waals surface area contributed by atoms with Crippen molar-refractivity contribution < 1.29 is 4.74 Å². The first-order chi connectivity index (χ1) is 8.50. The van der Waals surface area contributed by atoms with E-state index >= 15 is 0 Å². The molecule has 3 rings (SSSR count). The molecule has 1 fully saturated rings. The molecule has 0 bridgehead atoms. The van der Waals surface area contributed by atoms with Crippen molar-refractivity contribution in [3.8, 4) is 5.75 Å². The lowest BCUT2D eigenvalue weighted by atomic mass is 9.68. The molecule has 0 radical (unpaired) electrons. The van der Waals surface area contributed by atoms with Gasteiger partial charge >= 0.3 is 0 Å². The molecule has 0 amide bonds. The second kappa shape index (κ2) is 3.99. The van der Waals surface area contributed by atoms with Gasteiger partial charge < -0.3 is 10.5 Å². The molecular formula is C16H23NO. The molecule has 1 heterocycles. The van der Waals surface area contributed by atoms with E-state index in [1.807, 2.05) is 12.1 Å². The summed E-state index contributed by atoms with van der Waals surface area (Å²) in [4.78, 5) is 0. The first-order valence-electron chi connectivity index (χ1n) is 7.03. The van der Waals surface area contributed by atoms with Gasteiger partial charge in [0.2, 0.25) is 0 Å². The minimum absolute atomic E-state index is 0.00326. The highest BCUT2D eigenvalue weighted by molar-refractivity contribution is 5.38. The van der Waals surface area contributed by atoms with E-state index in [-0.39, 0.29) is 11.6 Å². The fourth-order valence-electron chi connectivity index (χ4n) is 3.35. The van der Waals surface area contributed by atoms with Gasteiger partial charge in [0.15, 0.2) is 0 Å². The van der Waals surface area contributed by atoms with E-state index in [9.17, 15) is 0 Å². The van der Waals surface area contributed by atoms with E-state index in [2.05, 4.69) is 26.0 Å². The van der Waals surface area contributed by atoms with Crippen LogP contribution in [0.4, 0.5) is 0 Å². The highest BCUT2D eigenvalue weighted by Crippen LogP contribution is 2.49. The van der Waals surface area contributed by atoms with Crippen LogP contribution in [-0.4, -0.2) is 5.60 Å². The van der Waals surface area contributed by atoms with Gasteiger partial charge in [-0.2, -0.15) is 0 Å². The number of benzene rings is 1. The zero-order valence-electron chi connectivity index (χ0n) is 11.4. The van der Waals surface area contributed by atoms with Gasteiger partial charge in [0.25, 0.3) is 0 Å². The van der Waals surface area contributed by atoms with Crippen molar-refractivity contribution in [2.45, 2.75) is 57.6 Å². The van der Waals surface area contributed by atoms with Crippen molar-refractivity contribution in [2.24, 2.45) is 11.1 Å². The maximum absolute atomic E-state index is 6.34. The van der Waals surface area contributed by atoms with Crippen LogP contribution in [-0.2, 0) is 0 Å². The zero-order chi connectivity index (χ0) is 12.8. The number of nitrogens with two attached hydrogens (primary N) is 1. The van der Waals surface area contributed by atoms with Crippen LogP contribution in [0.25, 0.3) is 0 Å². The van der Waals surface area contributed by atoms with Crippen LogP contribution >= 0.6 is 0 Å². The number of ether oxygens (including phenoxy) is 1. The third kappa shape index (κ3) is 2.03. The van der Waals surface area contributed by atoms with Crippen LogP contribution in [0.3, 0.4) is 0 Å². The molecule has 2 aliphatic rings. The van der Waals surface area contributed by atoms with E-state index in [0.29, 0.717) is 5.41 Å². The standard InChI is InChI=1S/C16H23NO/c1-15(2)7-9-16(10-8-15)11-13(17)12-5-3-4-6-14(12)18-16/h3-6,13H,7-11,17H2,1-2H3/t13-/m0/s1. The summed E-state index contributed by atoms with van der Waals surface area (Å²) in [5, 5.41) is 0. The van der Waals surface area contributed by atoms with Crippen molar-refractivity contribution in [3.63, 3.8) is 0 Å². The molecule has 98 valence electrons. The van der Waals surface area contributed by atoms with E-state index in [0.717, 1.165) is 25.0 Å². The number of fused-ring (bicyclic) bond motifs is 1. The van der Waals surface area contributed by atoms with Gasteiger partial charge in [0.1, 0.15) is 11.4 Å². The van der Waals surface area contributed by atoms with Crippen molar-refractivity contribution in [3.05, 3.63) is 29.8 Å². The quantitative estimate of drug-likeness (QED) is 0.754. The molecule has 1 atom stereocenters. The topological polar surface area (TPSA) is 35.2 Å². The molecule has 0 saturated heterocycles. The summed E-state index contributed by atoms with van der Waals surface area (Å²) >= 11 is 0. The number of para-hydroxylation sites is 1. The smallest absolute Gasteiger partial charge is 0.124 e. The van der Waals surface area contributed by atoms with Crippen LogP contribution in [0.1, 0.15) is 57.6 Å². The molecule has 1 aliphatic carbocycles. The van der Waals surface area contributed by atoms with Crippen LogP contribution in [0.5, 0.6) is 5.75 Å². The van der Waals surface area contributed by atoms with E-state index in [4.69, 9.17) is 10.5 Å². The lowest BCUT2D eigenvalue weighted by molar-refractivity contribution is -0.0259. The summed E-state index contributed by atoms with van der Waals surface area (Å²) < 4.78 is 6.34. The number of hydrogen-bond donors (Lipinski definition) is 1. The normalized spacial score (nSPS) is 28.5. The third-order valence-corrected chi connectivity index (χ3v) is 4.75. The predicted molar refractivity (Wildman–Crippen MR) is 73.6 cm³/mol. The van der Waals surface area contributed by atoms with Gasteiger partial charge in [-0.15, -0.1) is 0 Å². The molecule has 1 aromatic rings. The highest BCUT2D eigenvalue weighted by Gasteiger charge is 2.44. The second-order valence-corrected chi connectivity index (χ2v) is 6.80. The van der Waals surface area contributed by atoms with E-state index < -0.39 is 0 Å². The Morgan fingerprint density at radius 1 is 1.11 bits per heavy atom. The minimum atomic E-state index is 0.00326. The van der Waals surface area contributed by atoms with E-state index in [1.54, 1.807) is 0 Å². The Bertz CT molecular complexity index is 442. The Balaban J connectivity index is 1.86. The molecule has 2 heteroatoms. The molecule has 1 aliphatic heterocycles. The SMILES string of the molecule is CC1(C)CCC2(CC1)C[C@H](N)c1ccccc1O2.